The first-order valence-corrected chi connectivity index (χ1v) is 14.7. The van der Waals surface area contributed by atoms with Gasteiger partial charge in [-0.05, 0) is 18.2 Å². The molecule has 2 aliphatic heterocycles. The Bertz CT molecular complexity index is 1770. The van der Waals surface area contributed by atoms with Crippen molar-refractivity contribution < 1.29 is 33.3 Å². The first-order valence-electron chi connectivity index (χ1n) is 14.7. The van der Waals surface area contributed by atoms with E-state index in [-0.39, 0.29) is 25.2 Å². The number of carbonyl (C=O) groups excluding carboxylic acids is 1. The molecule has 0 fully saturated rings. The van der Waals surface area contributed by atoms with E-state index in [0.29, 0.717) is 23.0 Å². The molecule has 12 heteroatoms. The molecule has 2 aromatic heterocycles. The monoisotopic (exact) mass is 625 g/mol. The van der Waals surface area contributed by atoms with Crippen LogP contribution < -0.4 is 19.3 Å². The number of ether oxygens (including phenoxy) is 2. The Labute approximate surface area is 260 Å². The lowest BCUT2D eigenvalue weighted by Crippen LogP contribution is -2.46. The average Bonchev–Trinajstić information content (AvgIpc) is 3.29. The first kappa shape index (κ1) is 31.7. The molecule has 0 saturated carbocycles. The van der Waals surface area contributed by atoms with Gasteiger partial charge in [0.2, 0.25) is 0 Å². The van der Waals surface area contributed by atoms with Gasteiger partial charge in [-0.3, -0.25) is 9.80 Å². The van der Waals surface area contributed by atoms with E-state index in [0.717, 1.165) is 60.1 Å². The molecule has 0 radical (unpaired) electrons. The maximum atomic E-state index is 15.6. The Morgan fingerprint density at radius 2 is 1.62 bits per heavy atom. The number of anilines is 3. The van der Waals surface area contributed by atoms with Crippen LogP contribution in [0.25, 0.3) is 11.0 Å². The van der Waals surface area contributed by atoms with Crippen molar-refractivity contribution >= 4 is 34.1 Å². The molecule has 0 atom stereocenters. The van der Waals surface area contributed by atoms with Crippen LogP contribution in [-0.2, 0) is 13.0 Å². The molecule has 45 heavy (non-hydrogen) atoms. The fourth-order valence-corrected chi connectivity index (χ4v) is 5.52. The van der Waals surface area contributed by atoms with E-state index in [1.807, 2.05) is 19.9 Å². The predicted octanol–water partition coefficient (Wildman–Crippen LogP) is 7.33. The highest BCUT2D eigenvalue weighted by atomic mass is 19.2. The Balaban J connectivity index is 0.00000157. The summed E-state index contributed by atoms with van der Waals surface area (Å²) in [4.78, 5) is 26.0. The molecule has 2 amide bonds. The van der Waals surface area contributed by atoms with Crippen LogP contribution in [0.4, 0.5) is 39.4 Å². The summed E-state index contributed by atoms with van der Waals surface area (Å²) in [6, 6.07) is 5.22. The van der Waals surface area contributed by atoms with Gasteiger partial charge < -0.3 is 19.4 Å². The zero-order valence-electron chi connectivity index (χ0n) is 25.4. The third-order valence-corrected chi connectivity index (χ3v) is 7.66. The van der Waals surface area contributed by atoms with Crippen LogP contribution in [0.3, 0.4) is 0 Å². The topological polar surface area (TPSA) is 73.9 Å². The van der Waals surface area contributed by atoms with Crippen LogP contribution in [-0.4, -0.2) is 54.8 Å². The van der Waals surface area contributed by atoms with Crippen LogP contribution >= 0.6 is 0 Å². The van der Waals surface area contributed by atoms with E-state index in [2.05, 4.69) is 26.7 Å². The predicted molar refractivity (Wildman–Crippen MR) is 166 cm³/mol. The quantitative estimate of drug-likeness (QED) is 0.172. The summed E-state index contributed by atoms with van der Waals surface area (Å²) in [6.07, 6.45) is 3.68. The van der Waals surface area contributed by atoms with Crippen molar-refractivity contribution in [2.75, 3.05) is 43.7 Å². The lowest BCUT2D eigenvalue weighted by Gasteiger charge is -2.37. The lowest BCUT2D eigenvalue weighted by molar-refractivity contribution is 0.251. The number of urea groups is 1. The Kier molecular flexibility index (Phi) is 9.48. The van der Waals surface area contributed by atoms with Crippen molar-refractivity contribution in [1.29, 1.82) is 0 Å². The highest BCUT2D eigenvalue weighted by molar-refractivity contribution is 6.15. The van der Waals surface area contributed by atoms with Gasteiger partial charge in [0, 0.05) is 69.2 Å². The fourth-order valence-electron chi connectivity index (χ4n) is 5.52. The highest BCUT2D eigenvalue weighted by Crippen LogP contribution is 2.45. The van der Waals surface area contributed by atoms with Gasteiger partial charge in [-0.15, -0.1) is 11.8 Å². The second-order valence-electron chi connectivity index (χ2n) is 10.2. The summed E-state index contributed by atoms with van der Waals surface area (Å²) in [5.41, 5.74) is 0.654. The number of carbonyl (C=O) groups is 1. The number of halogens is 4. The normalized spacial score (nSPS) is 14.7. The van der Waals surface area contributed by atoms with E-state index in [1.54, 1.807) is 0 Å². The number of amides is 2. The molecule has 2 aromatic carbocycles. The molecule has 0 aliphatic carbocycles. The summed E-state index contributed by atoms with van der Waals surface area (Å²) in [5.74, 6) is 0.729. The molecule has 0 saturated heterocycles. The molecule has 0 unspecified atom stereocenters. The van der Waals surface area contributed by atoms with Gasteiger partial charge in [-0.25, -0.2) is 27.3 Å². The van der Waals surface area contributed by atoms with Gasteiger partial charge in [0.25, 0.3) is 0 Å². The molecule has 0 bridgehead atoms. The summed E-state index contributed by atoms with van der Waals surface area (Å²) in [5, 5.41) is 0.479. The number of benzene rings is 2. The Hall–Kier alpha value is -4.76. The highest BCUT2D eigenvalue weighted by Gasteiger charge is 2.40. The van der Waals surface area contributed by atoms with Gasteiger partial charge in [-0.1, -0.05) is 19.9 Å². The molecule has 4 aromatic rings. The number of hydrogen-bond acceptors (Lipinski definition) is 5. The van der Waals surface area contributed by atoms with E-state index in [1.165, 1.54) is 32.5 Å². The number of methoxy groups -OCH3 is 2. The second kappa shape index (κ2) is 13.5. The molecule has 4 heterocycles. The number of H-pyrrole nitrogens is 1. The maximum absolute atomic E-state index is 15.6. The van der Waals surface area contributed by atoms with Crippen molar-refractivity contribution in [2.45, 2.75) is 39.7 Å². The molecular weight excluding hydrogens is 590 g/mol. The summed E-state index contributed by atoms with van der Waals surface area (Å²) in [7, 11) is 2.37. The van der Waals surface area contributed by atoms with Crippen LogP contribution in [0.5, 0.6) is 11.5 Å². The SMILES string of the molecule is CC.COc1cc(OC)c(F)c(N2Cc3cnc4[nH]c(CCN5CCC#CCC5)cc4c3N(c3cccc(F)c3F)C2=O)c1F.[HH]. The third-order valence-electron chi connectivity index (χ3n) is 7.66. The summed E-state index contributed by atoms with van der Waals surface area (Å²) >= 11 is 0. The minimum Gasteiger partial charge on any atom is -0.493 e. The first-order chi connectivity index (χ1) is 21.8. The van der Waals surface area contributed by atoms with Gasteiger partial charge in [0.15, 0.2) is 34.8 Å². The molecule has 2 aliphatic rings. The van der Waals surface area contributed by atoms with E-state index < -0.39 is 40.7 Å². The smallest absolute Gasteiger partial charge is 0.334 e. The molecule has 238 valence electrons. The number of pyridine rings is 1. The van der Waals surface area contributed by atoms with Gasteiger partial charge in [0.05, 0.1) is 32.1 Å². The fraction of sp³-hybridized carbons (Fsp3) is 0.333. The molecular formula is C33H35F4N5O3. The van der Waals surface area contributed by atoms with Crippen molar-refractivity contribution in [3.05, 3.63) is 71.1 Å². The largest absolute Gasteiger partial charge is 0.493 e. The van der Waals surface area contributed by atoms with Crippen molar-refractivity contribution in [3.63, 3.8) is 0 Å². The molecule has 8 nitrogen and oxygen atoms in total. The molecule has 1 N–H and O–H groups in total. The van der Waals surface area contributed by atoms with E-state index in [4.69, 9.17) is 9.47 Å². The zero-order chi connectivity index (χ0) is 32.2. The summed E-state index contributed by atoms with van der Waals surface area (Å²) < 4.78 is 71.1. The molecule has 0 spiro atoms. The van der Waals surface area contributed by atoms with Gasteiger partial charge >= 0.3 is 6.03 Å². The van der Waals surface area contributed by atoms with Crippen LogP contribution in [0.15, 0.2) is 36.5 Å². The Morgan fingerprint density at radius 1 is 0.956 bits per heavy atom. The number of nitrogens with one attached hydrogen (secondary N) is 1. The maximum Gasteiger partial charge on any atom is 0.334 e. The second-order valence-corrected chi connectivity index (χ2v) is 10.2. The minimum atomic E-state index is -1.29. The zero-order valence-corrected chi connectivity index (χ0v) is 25.4. The standard InChI is InChI=1S/C31H27F4N5O3.C2H6.H2/c1-42-23-15-24(43-2)27(35)29(26(23)34)39-17-18-16-36-30-20(14-19(37-30)10-13-38-11-5-3-4-6-12-38)28(18)40(31(39)41)22-9-7-8-21(32)25(22)33;1-2;/h7-9,14-16H,5-6,10-13,17H2,1-2H3,(H,36,37);1-2H3;1H. The van der Waals surface area contributed by atoms with Crippen LogP contribution in [0.2, 0.25) is 0 Å². The number of rotatable bonds is 7. The van der Waals surface area contributed by atoms with Gasteiger partial charge in [-0.2, -0.15) is 0 Å². The van der Waals surface area contributed by atoms with Crippen molar-refractivity contribution in [1.82, 2.24) is 14.9 Å². The molecule has 6 rings (SSSR count). The lowest BCUT2D eigenvalue weighted by atomic mass is 10.1. The number of aromatic amines is 1. The van der Waals surface area contributed by atoms with Crippen molar-refractivity contribution in [3.8, 4) is 23.3 Å². The van der Waals surface area contributed by atoms with Gasteiger partial charge in [0.1, 0.15) is 11.3 Å². The van der Waals surface area contributed by atoms with Crippen LogP contribution in [0, 0.1) is 35.1 Å². The minimum absolute atomic E-state index is 0. The van der Waals surface area contributed by atoms with Crippen molar-refractivity contribution in [2.24, 2.45) is 0 Å². The number of nitrogens with zero attached hydrogens (tertiary/aromatic N) is 4. The third kappa shape index (κ3) is 5.88. The Morgan fingerprint density at radius 3 is 2.27 bits per heavy atom. The number of aromatic nitrogens is 2. The number of hydrogen-bond donors (Lipinski definition) is 1. The van der Waals surface area contributed by atoms with E-state index in [9.17, 15) is 9.18 Å². The average molecular weight is 626 g/mol. The number of fused-ring (bicyclic) bond motifs is 3. The van der Waals surface area contributed by atoms with Crippen LogP contribution in [0.1, 0.15) is 39.4 Å². The van der Waals surface area contributed by atoms with E-state index >= 15 is 13.2 Å². The summed E-state index contributed by atoms with van der Waals surface area (Å²) in [6.45, 7) is 6.16.